The van der Waals surface area contributed by atoms with Crippen LogP contribution < -0.4 is 24.3 Å². The molecule has 2 heterocycles. The predicted octanol–water partition coefficient (Wildman–Crippen LogP) is 3.33. The predicted molar refractivity (Wildman–Crippen MR) is 121 cm³/mol. The van der Waals surface area contributed by atoms with Gasteiger partial charge in [-0.3, -0.25) is 9.59 Å². The molecule has 0 saturated carbocycles. The first-order valence-corrected chi connectivity index (χ1v) is 10.6. The fourth-order valence-electron chi connectivity index (χ4n) is 3.67. The standard InChI is InChI=1S/C25H25NO7/c1-3-16-5-10-21-25(33-15-31-21)24(16)19(17-6-9-20-22(11-17)32-14-30-20)8-7-18(27)12-26-13-23(28)29-4-2/h3,5-6,8-11,26H,1,4,7,12-15H2,2H3/b19-8-. The molecule has 0 saturated heterocycles. The van der Waals surface area contributed by atoms with E-state index in [-0.39, 0.29) is 38.9 Å². The quantitative estimate of drug-likeness (QED) is 0.550. The van der Waals surface area contributed by atoms with Crippen molar-refractivity contribution in [2.45, 2.75) is 13.3 Å². The van der Waals surface area contributed by atoms with E-state index in [1.807, 2.05) is 36.4 Å². The van der Waals surface area contributed by atoms with Gasteiger partial charge in [-0.1, -0.05) is 30.9 Å². The maximum absolute atomic E-state index is 12.5. The van der Waals surface area contributed by atoms with Crippen LogP contribution in [0.3, 0.4) is 0 Å². The van der Waals surface area contributed by atoms with Crippen LogP contribution in [0.4, 0.5) is 0 Å². The second-order valence-corrected chi connectivity index (χ2v) is 7.30. The van der Waals surface area contributed by atoms with Crippen molar-refractivity contribution in [3.8, 4) is 23.0 Å². The lowest BCUT2D eigenvalue weighted by Crippen LogP contribution is -2.29. The second kappa shape index (κ2) is 10.2. The highest BCUT2D eigenvalue weighted by molar-refractivity contribution is 5.92. The molecule has 4 rings (SSSR count). The van der Waals surface area contributed by atoms with Crippen molar-refractivity contribution in [3.63, 3.8) is 0 Å². The van der Waals surface area contributed by atoms with E-state index in [0.29, 0.717) is 29.6 Å². The highest BCUT2D eigenvalue weighted by atomic mass is 16.7. The maximum Gasteiger partial charge on any atom is 0.319 e. The summed E-state index contributed by atoms with van der Waals surface area (Å²) in [5, 5.41) is 2.82. The summed E-state index contributed by atoms with van der Waals surface area (Å²) in [6, 6.07) is 9.36. The molecule has 172 valence electrons. The number of esters is 1. The minimum Gasteiger partial charge on any atom is -0.465 e. The van der Waals surface area contributed by atoms with E-state index in [0.717, 1.165) is 22.3 Å². The molecular formula is C25H25NO7. The molecule has 0 unspecified atom stereocenters. The van der Waals surface area contributed by atoms with Gasteiger partial charge in [-0.2, -0.15) is 0 Å². The zero-order valence-electron chi connectivity index (χ0n) is 18.3. The molecule has 0 radical (unpaired) electrons. The number of Topliss-reactive ketones (excluding diaryl/α,β-unsaturated/α-hetero) is 1. The lowest BCUT2D eigenvalue weighted by Gasteiger charge is -2.15. The van der Waals surface area contributed by atoms with Crippen LogP contribution in [0.5, 0.6) is 23.0 Å². The van der Waals surface area contributed by atoms with Crippen molar-refractivity contribution >= 4 is 23.4 Å². The summed E-state index contributed by atoms with van der Waals surface area (Å²) >= 11 is 0. The molecule has 8 heteroatoms. The Balaban J connectivity index is 1.64. The van der Waals surface area contributed by atoms with Gasteiger partial charge in [0.15, 0.2) is 23.0 Å². The number of carbonyl (C=O) groups excluding carboxylic acids is 2. The number of ketones is 1. The van der Waals surface area contributed by atoms with Gasteiger partial charge in [0.25, 0.3) is 0 Å². The molecule has 2 aromatic carbocycles. The largest absolute Gasteiger partial charge is 0.465 e. The first-order chi connectivity index (χ1) is 16.1. The smallest absolute Gasteiger partial charge is 0.319 e. The van der Waals surface area contributed by atoms with Crippen molar-refractivity contribution in [1.29, 1.82) is 0 Å². The lowest BCUT2D eigenvalue weighted by atomic mass is 9.91. The number of benzene rings is 2. The highest BCUT2D eigenvalue weighted by Gasteiger charge is 2.25. The molecular weight excluding hydrogens is 426 g/mol. The van der Waals surface area contributed by atoms with E-state index in [2.05, 4.69) is 11.9 Å². The first kappa shape index (κ1) is 22.4. The number of fused-ring (bicyclic) bond motifs is 2. The molecule has 0 spiro atoms. The van der Waals surface area contributed by atoms with Gasteiger partial charge >= 0.3 is 5.97 Å². The number of carbonyl (C=O) groups is 2. The molecule has 0 amide bonds. The third kappa shape index (κ3) is 5.01. The number of rotatable bonds is 10. The Bertz CT molecular complexity index is 1110. The van der Waals surface area contributed by atoms with Crippen LogP contribution in [0.15, 0.2) is 43.0 Å². The number of ether oxygens (including phenoxy) is 5. The van der Waals surface area contributed by atoms with E-state index in [1.54, 1.807) is 13.0 Å². The topological polar surface area (TPSA) is 92.3 Å². The van der Waals surface area contributed by atoms with Crippen molar-refractivity contribution in [3.05, 3.63) is 59.7 Å². The second-order valence-electron chi connectivity index (χ2n) is 7.30. The van der Waals surface area contributed by atoms with Crippen LogP contribution >= 0.6 is 0 Å². The summed E-state index contributed by atoms with van der Waals surface area (Å²) in [5.74, 6) is 2.05. The minimum atomic E-state index is -0.394. The number of hydrogen-bond acceptors (Lipinski definition) is 8. The SMILES string of the molecule is C=Cc1ccc2c(c1/C(=C\CC(=O)CNCC(=O)OCC)c1ccc3c(c1)OCO3)OCO2. The van der Waals surface area contributed by atoms with Crippen molar-refractivity contribution in [2.24, 2.45) is 0 Å². The molecule has 8 nitrogen and oxygen atoms in total. The fraction of sp³-hybridized carbons (Fsp3) is 0.280. The Morgan fingerprint density at radius 2 is 1.79 bits per heavy atom. The molecule has 1 N–H and O–H groups in total. The van der Waals surface area contributed by atoms with Crippen LogP contribution in [0, 0.1) is 0 Å². The average Bonchev–Trinajstić information content (AvgIpc) is 3.48. The van der Waals surface area contributed by atoms with Gasteiger partial charge in [0.1, 0.15) is 5.78 Å². The summed E-state index contributed by atoms with van der Waals surface area (Å²) in [5.41, 5.74) is 3.24. The normalized spacial score (nSPS) is 13.7. The molecule has 0 aliphatic carbocycles. The van der Waals surface area contributed by atoms with Crippen LogP contribution in [-0.4, -0.2) is 45.0 Å². The summed E-state index contributed by atoms with van der Waals surface area (Å²) < 4.78 is 27.2. The van der Waals surface area contributed by atoms with Crippen LogP contribution in [0.2, 0.25) is 0 Å². The van der Waals surface area contributed by atoms with Gasteiger partial charge in [0, 0.05) is 12.0 Å². The first-order valence-electron chi connectivity index (χ1n) is 10.6. The van der Waals surface area contributed by atoms with E-state index in [1.165, 1.54) is 0 Å². The number of allylic oxidation sites excluding steroid dienone is 1. The van der Waals surface area contributed by atoms with Gasteiger partial charge in [-0.25, -0.2) is 0 Å². The fourth-order valence-corrected chi connectivity index (χ4v) is 3.67. The summed E-state index contributed by atoms with van der Waals surface area (Å²) in [6.07, 6.45) is 3.72. The molecule has 2 aliphatic heterocycles. The maximum atomic E-state index is 12.5. The number of nitrogens with one attached hydrogen (secondary N) is 1. The molecule has 2 aromatic rings. The van der Waals surface area contributed by atoms with Crippen molar-refractivity contribution in [1.82, 2.24) is 5.32 Å². The Morgan fingerprint density at radius 3 is 2.61 bits per heavy atom. The van der Waals surface area contributed by atoms with Crippen LogP contribution in [-0.2, 0) is 14.3 Å². The lowest BCUT2D eigenvalue weighted by molar-refractivity contribution is -0.142. The Hall–Kier alpha value is -3.78. The van der Waals surface area contributed by atoms with Crippen molar-refractivity contribution < 1.29 is 33.3 Å². The average molecular weight is 451 g/mol. The van der Waals surface area contributed by atoms with Gasteiger partial charge < -0.3 is 29.0 Å². The molecule has 33 heavy (non-hydrogen) atoms. The van der Waals surface area contributed by atoms with E-state index in [4.69, 9.17) is 23.7 Å². The Morgan fingerprint density at radius 1 is 1.03 bits per heavy atom. The third-order valence-corrected chi connectivity index (χ3v) is 5.17. The van der Waals surface area contributed by atoms with Gasteiger partial charge in [-0.15, -0.1) is 0 Å². The number of hydrogen-bond donors (Lipinski definition) is 1. The Labute approximate surface area is 191 Å². The Kier molecular flexibility index (Phi) is 6.95. The van der Waals surface area contributed by atoms with Gasteiger partial charge in [-0.05, 0) is 41.8 Å². The van der Waals surface area contributed by atoms with E-state index >= 15 is 0 Å². The minimum absolute atomic E-state index is 0.0176. The zero-order chi connectivity index (χ0) is 23.2. The van der Waals surface area contributed by atoms with Crippen molar-refractivity contribution in [2.75, 3.05) is 33.3 Å². The van der Waals surface area contributed by atoms with Crippen LogP contribution in [0.25, 0.3) is 11.6 Å². The van der Waals surface area contributed by atoms with E-state index in [9.17, 15) is 9.59 Å². The molecule has 0 bridgehead atoms. The summed E-state index contributed by atoms with van der Waals surface area (Å²) in [4.78, 5) is 24.0. The summed E-state index contributed by atoms with van der Waals surface area (Å²) in [6.45, 7) is 6.28. The molecule has 2 aliphatic rings. The summed E-state index contributed by atoms with van der Waals surface area (Å²) in [7, 11) is 0. The molecule has 0 atom stereocenters. The monoisotopic (exact) mass is 451 g/mol. The molecule has 0 fully saturated rings. The van der Waals surface area contributed by atoms with Gasteiger partial charge in [0.05, 0.1) is 19.7 Å². The zero-order valence-corrected chi connectivity index (χ0v) is 18.3. The van der Waals surface area contributed by atoms with Gasteiger partial charge in [0.2, 0.25) is 13.6 Å². The van der Waals surface area contributed by atoms with E-state index < -0.39 is 5.97 Å². The highest BCUT2D eigenvalue weighted by Crippen LogP contribution is 2.45. The molecule has 0 aromatic heterocycles. The van der Waals surface area contributed by atoms with Crippen LogP contribution in [0.1, 0.15) is 30.0 Å². The third-order valence-electron chi connectivity index (χ3n) is 5.17.